The fourth-order valence-corrected chi connectivity index (χ4v) is 3.49. The molecular formula is C18H25N3O2S. The minimum absolute atomic E-state index is 0.335. The third kappa shape index (κ3) is 4.60. The van der Waals surface area contributed by atoms with Gasteiger partial charge in [0.1, 0.15) is 5.82 Å². The van der Waals surface area contributed by atoms with Crippen LogP contribution in [-0.2, 0) is 24.3 Å². The Kier molecular flexibility index (Phi) is 5.94. The fraction of sp³-hybridized carbons (Fsp3) is 0.556. The van der Waals surface area contributed by atoms with Gasteiger partial charge in [0.05, 0.1) is 25.0 Å². The fourth-order valence-electron chi connectivity index (χ4n) is 2.85. The van der Waals surface area contributed by atoms with E-state index >= 15 is 0 Å². The quantitative estimate of drug-likeness (QED) is 0.834. The monoisotopic (exact) mass is 347 g/mol. The number of hydrogen-bond donors (Lipinski definition) is 1. The average molecular weight is 347 g/mol. The van der Waals surface area contributed by atoms with E-state index < -0.39 is 6.10 Å². The molecule has 3 rings (SSSR count). The van der Waals surface area contributed by atoms with Gasteiger partial charge < -0.3 is 9.84 Å². The first-order valence-corrected chi connectivity index (χ1v) is 9.35. The lowest BCUT2D eigenvalue weighted by Gasteiger charge is -2.29. The summed E-state index contributed by atoms with van der Waals surface area (Å²) in [4.78, 5) is 12.6. The minimum atomic E-state index is -0.474. The molecule has 0 bridgehead atoms. The molecule has 0 aliphatic carbocycles. The molecule has 6 heteroatoms. The van der Waals surface area contributed by atoms with Crippen LogP contribution in [0, 0.1) is 0 Å². The molecule has 1 aliphatic rings. The van der Waals surface area contributed by atoms with Gasteiger partial charge in [0.2, 0.25) is 0 Å². The van der Waals surface area contributed by atoms with Gasteiger partial charge in [0.25, 0.3) is 0 Å². The van der Waals surface area contributed by atoms with Gasteiger partial charge >= 0.3 is 0 Å². The van der Waals surface area contributed by atoms with Crippen molar-refractivity contribution in [3.63, 3.8) is 0 Å². The van der Waals surface area contributed by atoms with E-state index in [4.69, 9.17) is 9.72 Å². The maximum Gasteiger partial charge on any atom is 0.131 e. The Labute approximate surface area is 147 Å². The number of aliphatic hydroxyl groups is 1. The second-order valence-corrected chi connectivity index (χ2v) is 7.62. The number of hydrogen-bond acceptors (Lipinski definition) is 6. The normalized spacial score (nSPS) is 16.3. The molecular weight excluding hydrogens is 322 g/mol. The summed E-state index contributed by atoms with van der Waals surface area (Å²) in [6.45, 7) is 7.47. The SMILES string of the molecule is CC(C)c1ncc2c(n1)CN(C[C@@H](O)COCc1cccs1)CC2. The molecule has 24 heavy (non-hydrogen) atoms. The maximum atomic E-state index is 10.2. The predicted molar refractivity (Wildman–Crippen MR) is 95.1 cm³/mol. The largest absolute Gasteiger partial charge is 0.389 e. The minimum Gasteiger partial charge on any atom is -0.389 e. The summed E-state index contributed by atoms with van der Waals surface area (Å²) < 4.78 is 5.61. The van der Waals surface area contributed by atoms with Crippen molar-refractivity contribution in [2.45, 2.75) is 45.4 Å². The predicted octanol–water partition coefficient (Wildman–Crippen LogP) is 2.60. The van der Waals surface area contributed by atoms with E-state index in [9.17, 15) is 5.11 Å². The second kappa shape index (κ2) is 8.16. The first-order valence-electron chi connectivity index (χ1n) is 8.47. The highest BCUT2D eigenvalue weighted by Gasteiger charge is 2.21. The van der Waals surface area contributed by atoms with E-state index in [0.717, 1.165) is 31.0 Å². The highest BCUT2D eigenvalue weighted by molar-refractivity contribution is 7.09. The van der Waals surface area contributed by atoms with Gasteiger partial charge in [-0.05, 0) is 23.4 Å². The number of ether oxygens (including phenoxy) is 1. The van der Waals surface area contributed by atoms with E-state index in [0.29, 0.717) is 25.7 Å². The lowest BCUT2D eigenvalue weighted by molar-refractivity contribution is 0.00822. The van der Waals surface area contributed by atoms with Crippen LogP contribution in [0.3, 0.4) is 0 Å². The van der Waals surface area contributed by atoms with Gasteiger partial charge in [0, 0.05) is 36.6 Å². The molecule has 1 atom stereocenters. The van der Waals surface area contributed by atoms with Crippen molar-refractivity contribution in [3.05, 3.63) is 45.7 Å². The maximum absolute atomic E-state index is 10.2. The zero-order valence-corrected chi connectivity index (χ0v) is 15.1. The number of β-amino-alcohol motifs (C(OH)–C–C–N with tert-alkyl or cyclic N) is 1. The molecule has 3 heterocycles. The van der Waals surface area contributed by atoms with Crippen LogP contribution in [-0.4, -0.2) is 45.8 Å². The Balaban J connectivity index is 1.48. The van der Waals surface area contributed by atoms with Gasteiger partial charge in [-0.2, -0.15) is 0 Å². The Hall–Kier alpha value is -1.34. The molecule has 0 fully saturated rings. The van der Waals surface area contributed by atoms with Crippen molar-refractivity contribution in [2.75, 3.05) is 19.7 Å². The molecule has 2 aromatic heterocycles. The van der Waals surface area contributed by atoms with Crippen molar-refractivity contribution in [3.8, 4) is 0 Å². The third-order valence-corrected chi connectivity index (χ3v) is 5.01. The molecule has 0 amide bonds. The summed E-state index contributed by atoms with van der Waals surface area (Å²) in [6.07, 6.45) is 2.43. The summed E-state index contributed by atoms with van der Waals surface area (Å²) in [5, 5.41) is 12.3. The molecule has 1 N–H and O–H groups in total. The van der Waals surface area contributed by atoms with Crippen LogP contribution in [0.1, 0.15) is 41.7 Å². The van der Waals surface area contributed by atoms with Crippen LogP contribution in [0.5, 0.6) is 0 Å². The molecule has 1 aliphatic heterocycles. The first-order chi connectivity index (χ1) is 11.6. The summed E-state index contributed by atoms with van der Waals surface area (Å²) in [5.74, 6) is 1.23. The molecule has 0 saturated heterocycles. The first kappa shape index (κ1) is 17.5. The molecule has 0 unspecified atom stereocenters. The summed E-state index contributed by atoms with van der Waals surface area (Å²) in [6, 6.07) is 4.06. The average Bonchev–Trinajstić information content (AvgIpc) is 3.07. The summed E-state index contributed by atoms with van der Waals surface area (Å²) in [7, 11) is 0. The molecule has 0 spiro atoms. The zero-order chi connectivity index (χ0) is 16.9. The van der Waals surface area contributed by atoms with Crippen LogP contribution in [0.4, 0.5) is 0 Å². The Morgan fingerprint density at radius 2 is 2.29 bits per heavy atom. The summed E-state index contributed by atoms with van der Waals surface area (Å²) in [5.41, 5.74) is 2.34. The standard InChI is InChI=1S/C18H25N3O2S/c1-13(2)18-19-8-14-5-6-21(10-17(14)20-18)9-15(22)11-23-12-16-4-3-7-24-16/h3-4,7-8,13,15,22H,5-6,9-12H2,1-2H3/t15-/m1/s1. The van der Waals surface area contributed by atoms with E-state index in [1.807, 2.05) is 23.7 Å². The van der Waals surface area contributed by atoms with Gasteiger partial charge in [-0.1, -0.05) is 19.9 Å². The number of fused-ring (bicyclic) bond motifs is 1. The van der Waals surface area contributed by atoms with Gasteiger partial charge in [-0.25, -0.2) is 9.97 Å². The lowest BCUT2D eigenvalue weighted by atomic mass is 10.1. The van der Waals surface area contributed by atoms with Crippen molar-refractivity contribution in [2.24, 2.45) is 0 Å². The molecule has 2 aromatic rings. The molecule has 5 nitrogen and oxygen atoms in total. The number of nitrogens with zero attached hydrogens (tertiary/aromatic N) is 3. The van der Waals surface area contributed by atoms with Crippen molar-refractivity contribution < 1.29 is 9.84 Å². The van der Waals surface area contributed by atoms with Crippen LogP contribution >= 0.6 is 11.3 Å². The summed E-state index contributed by atoms with van der Waals surface area (Å²) >= 11 is 1.67. The molecule has 0 radical (unpaired) electrons. The van der Waals surface area contributed by atoms with Crippen LogP contribution in [0.25, 0.3) is 0 Å². The molecule has 0 aromatic carbocycles. The zero-order valence-electron chi connectivity index (χ0n) is 14.3. The third-order valence-electron chi connectivity index (χ3n) is 4.16. The smallest absolute Gasteiger partial charge is 0.131 e. The molecule has 130 valence electrons. The Morgan fingerprint density at radius 1 is 1.42 bits per heavy atom. The number of thiophene rings is 1. The Morgan fingerprint density at radius 3 is 3.04 bits per heavy atom. The number of rotatable bonds is 7. The van der Waals surface area contributed by atoms with Gasteiger partial charge in [-0.15, -0.1) is 11.3 Å². The lowest BCUT2D eigenvalue weighted by Crippen LogP contribution is -2.38. The van der Waals surface area contributed by atoms with E-state index in [2.05, 4.69) is 23.7 Å². The Bertz CT molecular complexity index is 646. The van der Waals surface area contributed by atoms with E-state index in [1.54, 1.807) is 11.3 Å². The van der Waals surface area contributed by atoms with Crippen molar-refractivity contribution in [1.82, 2.24) is 14.9 Å². The topological polar surface area (TPSA) is 58.5 Å². The van der Waals surface area contributed by atoms with Crippen LogP contribution < -0.4 is 0 Å². The van der Waals surface area contributed by atoms with Gasteiger partial charge in [-0.3, -0.25) is 4.90 Å². The second-order valence-electron chi connectivity index (χ2n) is 6.59. The van der Waals surface area contributed by atoms with Crippen LogP contribution in [0.15, 0.2) is 23.7 Å². The highest BCUT2D eigenvalue weighted by Crippen LogP contribution is 2.19. The van der Waals surface area contributed by atoms with Crippen molar-refractivity contribution >= 4 is 11.3 Å². The van der Waals surface area contributed by atoms with E-state index in [-0.39, 0.29) is 0 Å². The number of aromatic nitrogens is 2. The van der Waals surface area contributed by atoms with E-state index in [1.165, 1.54) is 10.4 Å². The van der Waals surface area contributed by atoms with Crippen molar-refractivity contribution in [1.29, 1.82) is 0 Å². The van der Waals surface area contributed by atoms with Gasteiger partial charge in [0.15, 0.2) is 0 Å². The number of aliphatic hydroxyl groups excluding tert-OH is 1. The molecule has 0 saturated carbocycles. The van der Waals surface area contributed by atoms with Crippen LogP contribution in [0.2, 0.25) is 0 Å². The highest BCUT2D eigenvalue weighted by atomic mass is 32.1.